The van der Waals surface area contributed by atoms with E-state index in [9.17, 15) is 14.2 Å². The van der Waals surface area contributed by atoms with E-state index in [2.05, 4.69) is 34.9 Å². The highest BCUT2D eigenvalue weighted by atomic mass is 31.2. The van der Waals surface area contributed by atoms with Gasteiger partial charge in [0.1, 0.15) is 0 Å². The second-order valence-electron chi connectivity index (χ2n) is 7.67. The van der Waals surface area contributed by atoms with Crippen molar-refractivity contribution in [2.45, 2.75) is 70.6 Å². The molecule has 2 amide bonds. The first-order valence-corrected chi connectivity index (χ1v) is 12.7. The van der Waals surface area contributed by atoms with Gasteiger partial charge in [-0.1, -0.05) is 56.4 Å². The van der Waals surface area contributed by atoms with E-state index in [1.54, 1.807) is 0 Å². The minimum Gasteiger partial charge on any atom is -0.351 e. The molecule has 1 aromatic carbocycles. The Labute approximate surface area is 180 Å². The zero-order valence-electron chi connectivity index (χ0n) is 18.1. The number of hydrogen-bond donors (Lipinski definition) is 4. The highest BCUT2D eigenvalue weighted by Crippen LogP contribution is 2.35. The van der Waals surface area contributed by atoms with Gasteiger partial charge in [-0.05, 0) is 49.7 Å². The number of benzene rings is 1. The van der Waals surface area contributed by atoms with E-state index in [4.69, 9.17) is 9.79 Å². The molecule has 0 spiro atoms. The number of carbonyl (C=O) groups is 2. The van der Waals surface area contributed by atoms with Crippen LogP contribution in [0.15, 0.2) is 24.3 Å². The van der Waals surface area contributed by atoms with Crippen molar-refractivity contribution in [3.8, 4) is 0 Å². The van der Waals surface area contributed by atoms with Gasteiger partial charge in [0.25, 0.3) is 0 Å². The van der Waals surface area contributed by atoms with Crippen LogP contribution in [0.1, 0.15) is 68.9 Å². The van der Waals surface area contributed by atoms with Gasteiger partial charge in [-0.3, -0.25) is 14.2 Å². The minimum atomic E-state index is -3.83. The molecule has 0 fully saturated rings. The molecule has 0 saturated heterocycles. The van der Waals surface area contributed by atoms with Crippen LogP contribution in [0, 0.1) is 0 Å². The van der Waals surface area contributed by atoms with Crippen LogP contribution in [0.5, 0.6) is 0 Å². The number of carbonyl (C=O) groups excluding carboxylic acids is 2. The predicted octanol–water partition coefficient (Wildman–Crippen LogP) is 3.32. The van der Waals surface area contributed by atoms with Crippen molar-refractivity contribution in [2.75, 3.05) is 19.8 Å². The quantitative estimate of drug-likeness (QED) is 0.190. The van der Waals surface area contributed by atoms with E-state index >= 15 is 0 Å². The third-order valence-electron chi connectivity index (χ3n) is 5.11. The highest BCUT2D eigenvalue weighted by molar-refractivity contribution is 7.51. The van der Waals surface area contributed by atoms with Crippen LogP contribution in [-0.4, -0.2) is 41.4 Å². The van der Waals surface area contributed by atoms with E-state index in [-0.39, 0.29) is 6.16 Å². The predicted molar refractivity (Wildman–Crippen MR) is 119 cm³/mol. The van der Waals surface area contributed by atoms with E-state index in [1.807, 2.05) is 0 Å². The van der Waals surface area contributed by atoms with Gasteiger partial charge in [-0.15, -0.1) is 0 Å². The molecule has 0 aliphatic heterocycles. The summed E-state index contributed by atoms with van der Waals surface area (Å²) < 4.78 is 10.8. The lowest BCUT2D eigenvalue weighted by molar-refractivity contribution is -0.138. The molecule has 7 nitrogen and oxygen atoms in total. The van der Waals surface area contributed by atoms with E-state index in [0.717, 1.165) is 57.8 Å². The second-order valence-corrected chi connectivity index (χ2v) is 9.45. The molecule has 170 valence electrons. The largest absolute Gasteiger partial charge is 0.351 e. The van der Waals surface area contributed by atoms with Gasteiger partial charge in [0.05, 0.1) is 0 Å². The lowest BCUT2D eigenvalue weighted by Gasteiger charge is -2.10. The summed E-state index contributed by atoms with van der Waals surface area (Å²) in [6, 6.07) is 8.48. The van der Waals surface area contributed by atoms with Crippen LogP contribution in [-0.2, 0) is 27.0 Å². The number of aryl methyl sites for hydroxylation is 2. The van der Waals surface area contributed by atoms with Crippen molar-refractivity contribution >= 4 is 19.4 Å². The summed E-state index contributed by atoms with van der Waals surface area (Å²) in [6.45, 7) is 0.503. The summed E-state index contributed by atoms with van der Waals surface area (Å²) in [5.41, 5.74) is 2.74. The Balaban J connectivity index is 2.16. The molecule has 0 saturated carbocycles. The fourth-order valence-corrected chi connectivity index (χ4v) is 4.03. The van der Waals surface area contributed by atoms with Crippen molar-refractivity contribution in [1.82, 2.24) is 10.6 Å². The van der Waals surface area contributed by atoms with Gasteiger partial charge in [-0.25, -0.2) is 0 Å². The Morgan fingerprint density at radius 3 is 1.83 bits per heavy atom. The SMILES string of the molecule is CNC(=O)C(=O)NCCCCc1ccccc1CCCCCCCCCP(=O)(O)O. The van der Waals surface area contributed by atoms with Gasteiger partial charge < -0.3 is 20.4 Å². The fourth-order valence-electron chi connectivity index (χ4n) is 3.40. The average Bonchev–Trinajstić information content (AvgIpc) is 2.71. The number of nitrogens with one attached hydrogen (secondary N) is 2. The molecular weight excluding hydrogens is 403 g/mol. The molecule has 0 aliphatic rings. The van der Waals surface area contributed by atoms with Gasteiger partial charge >= 0.3 is 19.4 Å². The standard InChI is InChI=1S/C22H37N2O5P/c1-23-21(25)22(26)24-17-11-10-16-20-15-9-8-14-19(20)13-7-5-3-2-4-6-12-18-30(27,28)29/h8-9,14-15H,2-7,10-13,16-18H2,1H3,(H,23,25)(H,24,26)(H2,27,28,29). The number of rotatable bonds is 15. The van der Waals surface area contributed by atoms with Crippen molar-refractivity contribution in [3.63, 3.8) is 0 Å². The molecule has 0 heterocycles. The zero-order chi connectivity index (χ0) is 22.2. The molecule has 0 atom stereocenters. The van der Waals surface area contributed by atoms with Gasteiger partial charge in [0.15, 0.2) is 0 Å². The van der Waals surface area contributed by atoms with Crippen molar-refractivity contribution in [3.05, 3.63) is 35.4 Å². The summed E-state index contributed by atoms with van der Waals surface area (Å²) in [5.74, 6) is -1.19. The van der Waals surface area contributed by atoms with Crippen LogP contribution in [0.2, 0.25) is 0 Å². The smallest absolute Gasteiger partial charge is 0.325 e. The lowest BCUT2D eigenvalue weighted by Crippen LogP contribution is -2.38. The Morgan fingerprint density at radius 1 is 0.800 bits per heavy atom. The summed E-state index contributed by atoms with van der Waals surface area (Å²) in [6.07, 6.45) is 10.9. The fraction of sp³-hybridized carbons (Fsp3) is 0.636. The molecule has 1 rings (SSSR count). The number of unbranched alkanes of at least 4 members (excludes halogenated alkanes) is 7. The summed E-state index contributed by atoms with van der Waals surface area (Å²) >= 11 is 0. The topological polar surface area (TPSA) is 116 Å². The van der Waals surface area contributed by atoms with Crippen LogP contribution in [0.4, 0.5) is 0 Å². The summed E-state index contributed by atoms with van der Waals surface area (Å²) in [7, 11) is -2.39. The molecule has 0 unspecified atom stereocenters. The van der Waals surface area contributed by atoms with E-state index in [1.165, 1.54) is 24.6 Å². The maximum atomic E-state index is 11.4. The monoisotopic (exact) mass is 440 g/mol. The molecule has 0 aliphatic carbocycles. The number of hydrogen-bond acceptors (Lipinski definition) is 3. The maximum absolute atomic E-state index is 11.4. The molecular formula is C22H37N2O5P. The normalized spacial score (nSPS) is 11.3. The Hall–Kier alpha value is -1.69. The Morgan fingerprint density at radius 2 is 1.30 bits per heavy atom. The number of likely N-dealkylation sites (N-methyl/N-ethyl adjacent to an activating group) is 1. The van der Waals surface area contributed by atoms with Gasteiger partial charge in [-0.2, -0.15) is 0 Å². The molecule has 1 aromatic rings. The van der Waals surface area contributed by atoms with Gasteiger partial charge in [0, 0.05) is 19.8 Å². The first-order valence-electron chi connectivity index (χ1n) is 10.9. The molecule has 4 N–H and O–H groups in total. The maximum Gasteiger partial charge on any atom is 0.325 e. The molecule has 8 heteroatoms. The van der Waals surface area contributed by atoms with E-state index < -0.39 is 19.4 Å². The van der Waals surface area contributed by atoms with E-state index in [0.29, 0.717) is 13.0 Å². The van der Waals surface area contributed by atoms with Crippen molar-refractivity contribution < 1.29 is 23.9 Å². The second kappa shape index (κ2) is 15.2. The highest BCUT2D eigenvalue weighted by Gasteiger charge is 2.11. The third-order valence-corrected chi connectivity index (χ3v) is 6.00. The lowest BCUT2D eigenvalue weighted by atomic mass is 9.97. The van der Waals surface area contributed by atoms with Gasteiger partial charge in [0.2, 0.25) is 0 Å². The first kappa shape index (κ1) is 26.3. The number of amides is 2. The van der Waals surface area contributed by atoms with Crippen LogP contribution in [0.25, 0.3) is 0 Å². The van der Waals surface area contributed by atoms with Crippen LogP contribution in [0.3, 0.4) is 0 Å². The zero-order valence-corrected chi connectivity index (χ0v) is 19.0. The minimum absolute atomic E-state index is 0.00419. The van der Waals surface area contributed by atoms with Crippen molar-refractivity contribution in [1.29, 1.82) is 0 Å². The summed E-state index contributed by atoms with van der Waals surface area (Å²) in [4.78, 5) is 40.2. The first-order chi connectivity index (χ1) is 14.3. The van der Waals surface area contributed by atoms with Crippen LogP contribution >= 0.6 is 7.60 Å². The molecule has 0 bridgehead atoms. The third kappa shape index (κ3) is 12.8. The summed E-state index contributed by atoms with van der Waals surface area (Å²) in [5, 5.41) is 4.92. The molecule has 0 radical (unpaired) electrons. The van der Waals surface area contributed by atoms with Crippen LogP contribution < -0.4 is 10.6 Å². The molecule has 0 aromatic heterocycles. The Kier molecular flexibility index (Phi) is 13.3. The molecule has 30 heavy (non-hydrogen) atoms. The van der Waals surface area contributed by atoms with Crippen molar-refractivity contribution in [2.24, 2.45) is 0 Å². The average molecular weight is 441 g/mol. The Bertz CT molecular complexity index is 690.